The molecule has 0 saturated heterocycles. The number of hydrogen-bond donors (Lipinski definition) is 0. The highest BCUT2D eigenvalue weighted by Crippen LogP contribution is 2.31. The van der Waals surface area contributed by atoms with Crippen LogP contribution in [0.15, 0.2) is 88.3 Å². The fraction of sp³-hybridized carbons (Fsp3) is 0.148. The molecule has 0 radical (unpaired) electrons. The second-order valence-corrected chi connectivity index (χ2v) is 7.61. The number of rotatable bonds is 4. The monoisotopic (exact) mass is 421 g/mol. The minimum atomic E-state index is -0.285. The van der Waals surface area contributed by atoms with Gasteiger partial charge in [-0.15, -0.1) is 0 Å². The molecule has 0 N–H and O–H groups in total. The van der Waals surface area contributed by atoms with Gasteiger partial charge >= 0.3 is 0 Å². The van der Waals surface area contributed by atoms with Crippen molar-refractivity contribution in [2.24, 2.45) is 4.99 Å². The minimum absolute atomic E-state index is 0.285. The van der Waals surface area contributed by atoms with Crippen LogP contribution in [-0.4, -0.2) is 24.0 Å². The number of hydrogen-bond acceptors (Lipinski definition) is 4. The molecule has 5 heteroatoms. The molecule has 2 aliphatic rings. The number of aromatic nitrogens is 1. The second-order valence-electron chi connectivity index (χ2n) is 7.61. The van der Waals surface area contributed by atoms with Gasteiger partial charge in [0.15, 0.2) is 11.3 Å². The lowest BCUT2D eigenvalue weighted by Crippen LogP contribution is -2.21. The Morgan fingerprint density at radius 1 is 0.906 bits per heavy atom. The number of nitrogens with zero attached hydrogens (tertiary/aromatic N) is 3. The van der Waals surface area contributed by atoms with Gasteiger partial charge < -0.3 is 9.32 Å². The fourth-order valence-electron chi connectivity index (χ4n) is 4.06. The van der Waals surface area contributed by atoms with E-state index in [9.17, 15) is 4.79 Å². The highest BCUT2D eigenvalue weighted by Gasteiger charge is 2.16. The third-order valence-corrected chi connectivity index (χ3v) is 5.73. The van der Waals surface area contributed by atoms with Gasteiger partial charge in [-0.25, -0.2) is 9.98 Å². The first-order chi connectivity index (χ1) is 15.7. The van der Waals surface area contributed by atoms with Crippen LogP contribution in [0.25, 0.3) is 33.3 Å². The molecular formula is C27H23N3O2. The predicted molar refractivity (Wildman–Crippen MR) is 128 cm³/mol. The van der Waals surface area contributed by atoms with Crippen molar-refractivity contribution in [1.82, 2.24) is 4.98 Å². The zero-order valence-electron chi connectivity index (χ0n) is 18.1. The SMILES string of the molecule is CCN(CC)c1ccc2nc3c4ccccc4c(=NC(=O)c4ccccc4)cc-3oc2c1. The van der Waals surface area contributed by atoms with E-state index in [0.29, 0.717) is 22.3 Å². The molecule has 0 aromatic heterocycles. The first-order valence-electron chi connectivity index (χ1n) is 10.8. The summed E-state index contributed by atoms with van der Waals surface area (Å²) in [5.41, 5.74) is 3.90. The predicted octanol–water partition coefficient (Wildman–Crippen LogP) is 5.67. The zero-order valence-corrected chi connectivity index (χ0v) is 18.1. The van der Waals surface area contributed by atoms with Crippen LogP contribution in [0.3, 0.4) is 0 Å². The summed E-state index contributed by atoms with van der Waals surface area (Å²) >= 11 is 0. The van der Waals surface area contributed by atoms with E-state index < -0.39 is 0 Å². The van der Waals surface area contributed by atoms with Gasteiger partial charge in [0.05, 0.1) is 5.36 Å². The summed E-state index contributed by atoms with van der Waals surface area (Å²) in [7, 11) is 0. The minimum Gasteiger partial charge on any atom is -0.453 e. The Morgan fingerprint density at radius 3 is 2.38 bits per heavy atom. The third-order valence-electron chi connectivity index (χ3n) is 5.73. The van der Waals surface area contributed by atoms with Gasteiger partial charge in [0.25, 0.3) is 5.91 Å². The Bertz CT molecular complexity index is 1470. The summed E-state index contributed by atoms with van der Waals surface area (Å²) in [5, 5.41) is 2.35. The summed E-state index contributed by atoms with van der Waals surface area (Å²) in [6, 6.07) is 24.8. The Hall–Kier alpha value is -3.99. The molecule has 0 atom stereocenters. The number of fused-ring (bicyclic) bond motifs is 4. The van der Waals surface area contributed by atoms with E-state index in [-0.39, 0.29) is 5.91 Å². The quantitative estimate of drug-likeness (QED) is 0.277. The lowest BCUT2D eigenvalue weighted by Gasteiger charge is -2.21. The maximum Gasteiger partial charge on any atom is 0.277 e. The molecule has 1 aliphatic carbocycles. The van der Waals surface area contributed by atoms with Gasteiger partial charge in [0.1, 0.15) is 11.2 Å². The Kier molecular flexibility index (Phi) is 5.15. The summed E-state index contributed by atoms with van der Waals surface area (Å²) < 4.78 is 6.30. The first kappa shape index (κ1) is 19.9. The molecule has 0 bridgehead atoms. The van der Waals surface area contributed by atoms with Crippen LogP contribution < -0.4 is 10.3 Å². The van der Waals surface area contributed by atoms with Crippen molar-refractivity contribution in [1.29, 1.82) is 0 Å². The smallest absolute Gasteiger partial charge is 0.277 e. The Balaban J connectivity index is 1.75. The van der Waals surface area contributed by atoms with E-state index in [2.05, 4.69) is 29.8 Å². The molecule has 0 unspecified atom stereocenters. The molecule has 3 aromatic carbocycles. The summed E-state index contributed by atoms with van der Waals surface area (Å²) in [5.74, 6) is 0.320. The molecule has 0 fully saturated rings. The van der Waals surface area contributed by atoms with Crippen molar-refractivity contribution in [2.75, 3.05) is 18.0 Å². The van der Waals surface area contributed by atoms with Gasteiger partial charge in [0.2, 0.25) is 0 Å². The van der Waals surface area contributed by atoms with E-state index in [1.54, 1.807) is 12.1 Å². The standard InChI is InChI=1S/C27H23N3O2/c1-3-30(4-2)19-14-15-22-24(16-19)32-25-17-23(29-27(31)18-10-6-5-7-11-18)20-12-8-9-13-21(20)26(25)28-22/h5-17H,3-4H2,1-2H3. The fourth-order valence-corrected chi connectivity index (χ4v) is 4.06. The van der Waals surface area contributed by atoms with Gasteiger partial charge in [-0.1, -0.05) is 42.5 Å². The van der Waals surface area contributed by atoms with Gasteiger partial charge in [-0.05, 0) is 38.1 Å². The number of anilines is 1. The van der Waals surface area contributed by atoms with Crippen LogP contribution >= 0.6 is 0 Å². The van der Waals surface area contributed by atoms with Crippen molar-refractivity contribution in [3.63, 3.8) is 0 Å². The van der Waals surface area contributed by atoms with Crippen molar-refractivity contribution >= 4 is 33.5 Å². The molecule has 0 spiro atoms. The summed E-state index contributed by atoms with van der Waals surface area (Å²) in [4.78, 5) is 24.4. The molecule has 5 nitrogen and oxygen atoms in total. The van der Waals surface area contributed by atoms with Crippen LogP contribution in [0.1, 0.15) is 24.2 Å². The van der Waals surface area contributed by atoms with Crippen molar-refractivity contribution in [3.8, 4) is 11.5 Å². The number of carbonyl (C=O) groups excluding carboxylic acids is 1. The number of carbonyl (C=O) groups is 1. The third kappa shape index (κ3) is 3.52. The van der Waals surface area contributed by atoms with Gasteiger partial charge in [-0.3, -0.25) is 4.79 Å². The van der Waals surface area contributed by atoms with E-state index in [0.717, 1.165) is 40.8 Å². The normalized spacial score (nSPS) is 12.0. The first-order valence-corrected chi connectivity index (χ1v) is 10.8. The van der Waals surface area contributed by atoms with Crippen LogP contribution in [0.2, 0.25) is 0 Å². The van der Waals surface area contributed by atoms with Crippen LogP contribution in [-0.2, 0) is 0 Å². The maximum atomic E-state index is 12.8. The summed E-state index contributed by atoms with van der Waals surface area (Å²) in [6.07, 6.45) is 0. The number of amides is 1. The average Bonchev–Trinajstić information content (AvgIpc) is 2.84. The van der Waals surface area contributed by atoms with E-state index in [1.807, 2.05) is 60.7 Å². The van der Waals surface area contributed by atoms with Gasteiger partial charge in [0, 0.05) is 47.2 Å². The van der Waals surface area contributed by atoms with Crippen molar-refractivity contribution < 1.29 is 9.21 Å². The van der Waals surface area contributed by atoms with Crippen LogP contribution in [0.4, 0.5) is 5.69 Å². The molecular weight excluding hydrogens is 398 g/mol. The largest absolute Gasteiger partial charge is 0.453 e. The maximum absolute atomic E-state index is 12.8. The van der Waals surface area contributed by atoms with Crippen LogP contribution in [0.5, 0.6) is 0 Å². The molecule has 5 rings (SSSR count). The topological polar surface area (TPSA) is 58.7 Å². The molecule has 3 aromatic rings. The average molecular weight is 422 g/mol. The Morgan fingerprint density at radius 2 is 1.62 bits per heavy atom. The molecule has 0 saturated carbocycles. The van der Waals surface area contributed by atoms with E-state index in [4.69, 9.17) is 9.40 Å². The zero-order chi connectivity index (χ0) is 22.1. The molecule has 1 amide bonds. The van der Waals surface area contributed by atoms with Gasteiger partial charge in [-0.2, -0.15) is 0 Å². The summed E-state index contributed by atoms with van der Waals surface area (Å²) in [6.45, 7) is 6.09. The molecule has 1 heterocycles. The molecule has 158 valence electrons. The second kappa shape index (κ2) is 8.27. The highest BCUT2D eigenvalue weighted by atomic mass is 16.3. The van der Waals surface area contributed by atoms with E-state index in [1.165, 1.54) is 0 Å². The van der Waals surface area contributed by atoms with Crippen molar-refractivity contribution in [3.05, 3.63) is 89.8 Å². The lowest BCUT2D eigenvalue weighted by molar-refractivity contribution is 0.0998. The number of benzene rings is 4. The Labute approximate surface area is 186 Å². The molecule has 1 aliphatic heterocycles. The molecule has 32 heavy (non-hydrogen) atoms. The highest BCUT2D eigenvalue weighted by molar-refractivity contribution is 5.99. The van der Waals surface area contributed by atoms with Crippen LogP contribution in [0, 0.1) is 0 Å². The van der Waals surface area contributed by atoms with Crippen molar-refractivity contribution in [2.45, 2.75) is 13.8 Å². The van der Waals surface area contributed by atoms with E-state index >= 15 is 0 Å². The lowest BCUT2D eigenvalue weighted by atomic mass is 10.0.